The zero-order chi connectivity index (χ0) is 15.5. The molecule has 1 fully saturated rings. The summed E-state index contributed by atoms with van der Waals surface area (Å²) in [6, 6.07) is 6.31. The van der Waals surface area contributed by atoms with Crippen molar-refractivity contribution in [1.82, 2.24) is 10.2 Å². The lowest BCUT2D eigenvalue weighted by molar-refractivity contribution is -0.0544. The third kappa shape index (κ3) is 3.53. The van der Waals surface area contributed by atoms with Gasteiger partial charge in [-0.25, -0.2) is 4.79 Å². The first-order valence-corrected chi connectivity index (χ1v) is 8.04. The Bertz CT molecular complexity index is 537. The first kappa shape index (κ1) is 15.2. The number of ether oxygens (including phenoxy) is 2. The van der Waals surface area contributed by atoms with Crippen molar-refractivity contribution in [2.45, 2.75) is 38.9 Å². The van der Waals surface area contributed by atoms with Crippen LogP contribution in [0.15, 0.2) is 18.2 Å². The van der Waals surface area contributed by atoms with Crippen LogP contribution in [-0.2, 0) is 17.6 Å². The van der Waals surface area contributed by atoms with Gasteiger partial charge in [-0.3, -0.25) is 0 Å². The predicted octanol–water partition coefficient (Wildman–Crippen LogP) is 1.98. The summed E-state index contributed by atoms with van der Waals surface area (Å²) >= 11 is 0. The van der Waals surface area contributed by atoms with Crippen LogP contribution in [0, 0.1) is 0 Å². The standard InChI is InChI=1S/C17H24N2O3/c1-12-10-19(11-13(2)22-12)17(20)18-7-5-14-3-4-16-15(9-14)6-8-21-16/h3-4,9,12-13H,5-8,10-11H2,1-2H3,(H,18,20)/t12-,13+. The molecule has 1 N–H and O–H groups in total. The van der Waals surface area contributed by atoms with E-state index in [1.807, 2.05) is 24.8 Å². The summed E-state index contributed by atoms with van der Waals surface area (Å²) in [6.45, 7) is 6.76. The second-order valence-corrected chi connectivity index (χ2v) is 6.18. The Hall–Kier alpha value is -1.75. The van der Waals surface area contributed by atoms with Crippen LogP contribution in [0.4, 0.5) is 4.79 Å². The molecule has 1 aromatic rings. The molecule has 0 aliphatic carbocycles. The Morgan fingerprint density at radius 1 is 1.32 bits per heavy atom. The van der Waals surface area contributed by atoms with Gasteiger partial charge in [-0.2, -0.15) is 0 Å². The molecule has 120 valence electrons. The molecule has 5 heteroatoms. The number of fused-ring (bicyclic) bond motifs is 1. The summed E-state index contributed by atoms with van der Waals surface area (Å²) in [6.07, 6.45) is 2.03. The quantitative estimate of drug-likeness (QED) is 0.929. The van der Waals surface area contributed by atoms with Crippen LogP contribution >= 0.6 is 0 Å². The monoisotopic (exact) mass is 304 g/mol. The Kier molecular flexibility index (Phi) is 4.52. The van der Waals surface area contributed by atoms with E-state index >= 15 is 0 Å². The molecule has 1 aromatic carbocycles. The highest BCUT2D eigenvalue weighted by atomic mass is 16.5. The molecule has 1 saturated heterocycles. The second-order valence-electron chi connectivity index (χ2n) is 6.18. The van der Waals surface area contributed by atoms with Crippen LogP contribution in [0.1, 0.15) is 25.0 Å². The first-order valence-electron chi connectivity index (χ1n) is 8.04. The zero-order valence-corrected chi connectivity index (χ0v) is 13.3. The molecule has 2 amide bonds. The Balaban J connectivity index is 1.47. The molecule has 0 radical (unpaired) electrons. The summed E-state index contributed by atoms with van der Waals surface area (Å²) in [7, 11) is 0. The lowest BCUT2D eigenvalue weighted by atomic mass is 10.1. The molecule has 2 heterocycles. The van der Waals surface area contributed by atoms with Crippen molar-refractivity contribution >= 4 is 6.03 Å². The number of hydrogen-bond acceptors (Lipinski definition) is 3. The van der Waals surface area contributed by atoms with E-state index < -0.39 is 0 Å². The summed E-state index contributed by atoms with van der Waals surface area (Å²) in [5.41, 5.74) is 2.52. The third-order valence-corrected chi connectivity index (χ3v) is 4.15. The molecule has 0 aromatic heterocycles. The molecule has 5 nitrogen and oxygen atoms in total. The fraction of sp³-hybridized carbons (Fsp3) is 0.588. The van der Waals surface area contributed by atoms with Gasteiger partial charge in [0, 0.05) is 26.1 Å². The largest absolute Gasteiger partial charge is 0.493 e. The Morgan fingerprint density at radius 3 is 2.86 bits per heavy atom. The number of rotatable bonds is 3. The average molecular weight is 304 g/mol. The summed E-state index contributed by atoms with van der Waals surface area (Å²) in [4.78, 5) is 14.0. The van der Waals surface area contributed by atoms with Gasteiger partial charge in [0.25, 0.3) is 0 Å². The zero-order valence-electron chi connectivity index (χ0n) is 13.3. The van der Waals surface area contributed by atoms with Crippen molar-refractivity contribution in [3.8, 4) is 5.75 Å². The minimum atomic E-state index is 0.00601. The van der Waals surface area contributed by atoms with Gasteiger partial charge in [-0.15, -0.1) is 0 Å². The topological polar surface area (TPSA) is 50.8 Å². The van der Waals surface area contributed by atoms with E-state index in [2.05, 4.69) is 17.4 Å². The van der Waals surface area contributed by atoms with Crippen molar-refractivity contribution < 1.29 is 14.3 Å². The van der Waals surface area contributed by atoms with Crippen molar-refractivity contribution in [2.75, 3.05) is 26.2 Å². The van der Waals surface area contributed by atoms with E-state index in [1.54, 1.807) is 0 Å². The van der Waals surface area contributed by atoms with Crippen LogP contribution in [0.3, 0.4) is 0 Å². The minimum absolute atomic E-state index is 0.00601. The number of nitrogens with one attached hydrogen (secondary N) is 1. The highest BCUT2D eigenvalue weighted by molar-refractivity contribution is 5.74. The van der Waals surface area contributed by atoms with Crippen LogP contribution in [0.25, 0.3) is 0 Å². The normalized spacial score (nSPS) is 23.8. The molecule has 2 aliphatic rings. The number of urea groups is 1. The Morgan fingerprint density at radius 2 is 2.09 bits per heavy atom. The van der Waals surface area contributed by atoms with Crippen molar-refractivity contribution in [1.29, 1.82) is 0 Å². The molecule has 2 aliphatic heterocycles. The SMILES string of the molecule is C[C@@H]1CN(C(=O)NCCc2ccc3c(c2)CCO3)C[C@H](C)O1. The third-order valence-electron chi connectivity index (χ3n) is 4.15. The van der Waals surface area contributed by atoms with Crippen molar-refractivity contribution in [3.05, 3.63) is 29.3 Å². The van der Waals surface area contributed by atoms with Crippen LogP contribution in [0.2, 0.25) is 0 Å². The summed E-state index contributed by atoms with van der Waals surface area (Å²) < 4.78 is 11.2. The molecule has 0 spiro atoms. The van der Waals surface area contributed by atoms with Crippen LogP contribution in [0.5, 0.6) is 5.75 Å². The molecule has 3 rings (SSSR count). The highest BCUT2D eigenvalue weighted by Crippen LogP contribution is 2.25. The molecule has 2 atom stereocenters. The second kappa shape index (κ2) is 6.57. The van der Waals surface area contributed by atoms with Crippen molar-refractivity contribution in [2.24, 2.45) is 0 Å². The molecule has 22 heavy (non-hydrogen) atoms. The van der Waals surface area contributed by atoms with E-state index in [-0.39, 0.29) is 18.2 Å². The fourth-order valence-electron chi connectivity index (χ4n) is 3.16. The minimum Gasteiger partial charge on any atom is -0.493 e. The summed E-state index contributed by atoms with van der Waals surface area (Å²) in [5, 5.41) is 3.01. The molecule has 0 bridgehead atoms. The molecular weight excluding hydrogens is 280 g/mol. The van der Waals surface area contributed by atoms with Crippen LogP contribution in [-0.4, -0.2) is 49.4 Å². The number of benzene rings is 1. The van der Waals surface area contributed by atoms with Gasteiger partial charge < -0.3 is 19.7 Å². The van der Waals surface area contributed by atoms with Gasteiger partial charge in [0.1, 0.15) is 5.75 Å². The molecule has 0 unspecified atom stereocenters. The van der Waals surface area contributed by atoms with Gasteiger partial charge in [0.05, 0.1) is 18.8 Å². The number of nitrogens with zero attached hydrogens (tertiary/aromatic N) is 1. The van der Waals surface area contributed by atoms with Crippen LogP contribution < -0.4 is 10.1 Å². The maximum absolute atomic E-state index is 12.2. The van der Waals surface area contributed by atoms with Gasteiger partial charge >= 0.3 is 6.03 Å². The van der Waals surface area contributed by atoms with E-state index in [9.17, 15) is 4.79 Å². The van der Waals surface area contributed by atoms with Gasteiger partial charge in [0.15, 0.2) is 0 Å². The number of carbonyl (C=O) groups excluding carboxylic acids is 1. The van der Waals surface area contributed by atoms with E-state index in [0.717, 1.165) is 25.2 Å². The lowest BCUT2D eigenvalue weighted by Crippen LogP contribution is -2.51. The number of hydrogen-bond donors (Lipinski definition) is 1. The van der Waals surface area contributed by atoms with Gasteiger partial charge in [0.2, 0.25) is 0 Å². The Labute approximate surface area is 131 Å². The predicted molar refractivity (Wildman–Crippen MR) is 84.3 cm³/mol. The molecular formula is C17H24N2O3. The van der Waals surface area contributed by atoms with Gasteiger partial charge in [-0.1, -0.05) is 12.1 Å². The fourth-order valence-corrected chi connectivity index (χ4v) is 3.16. The van der Waals surface area contributed by atoms with Crippen molar-refractivity contribution in [3.63, 3.8) is 0 Å². The number of carbonyl (C=O) groups is 1. The average Bonchev–Trinajstić information content (AvgIpc) is 2.93. The number of amides is 2. The molecule has 0 saturated carbocycles. The first-order chi connectivity index (χ1) is 10.6. The summed E-state index contributed by atoms with van der Waals surface area (Å²) in [5.74, 6) is 1.00. The maximum Gasteiger partial charge on any atom is 0.317 e. The maximum atomic E-state index is 12.2. The highest BCUT2D eigenvalue weighted by Gasteiger charge is 2.25. The lowest BCUT2D eigenvalue weighted by Gasteiger charge is -2.35. The smallest absolute Gasteiger partial charge is 0.317 e. The number of morpholine rings is 1. The van der Waals surface area contributed by atoms with Gasteiger partial charge in [-0.05, 0) is 37.5 Å². The van der Waals surface area contributed by atoms with E-state index in [0.29, 0.717) is 19.6 Å². The van der Waals surface area contributed by atoms with E-state index in [4.69, 9.17) is 9.47 Å². The van der Waals surface area contributed by atoms with E-state index in [1.165, 1.54) is 11.1 Å².